The van der Waals surface area contributed by atoms with Crippen LogP contribution in [0.2, 0.25) is 5.02 Å². The predicted molar refractivity (Wildman–Crippen MR) is 90.6 cm³/mol. The van der Waals surface area contributed by atoms with E-state index in [0.717, 1.165) is 0 Å². The molecule has 0 spiro atoms. The van der Waals surface area contributed by atoms with E-state index in [0.29, 0.717) is 47.6 Å². The van der Waals surface area contributed by atoms with E-state index in [1.807, 2.05) is 32.9 Å². The molecule has 0 fully saturated rings. The fraction of sp³-hybridized carbons (Fsp3) is 0.471. The van der Waals surface area contributed by atoms with Crippen molar-refractivity contribution in [3.05, 3.63) is 35.0 Å². The largest absolute Gasteiger partial charge is 0.485 e. The van der Waals surface area contributed by atoms with Crippen LogP contribution in [0.3, 0.4) is 0 Å². The van der Waals surface area contributed by atoms with Crippen LogP contribution in [0.15, 0.2) is 22.6 Å². The van der Waals surface area contributed by atoms with Gasteiger partial charge in [-0.1, -0.05) is 31.5 Å². The summed E-state index contributed by atoms with van der Waals surface area (Å²) in [6.45, 7) is 6.38. The number of aryl methyl sites for hydroxylation is 1. The van der Waals surface area contributed by atoms with Gasteiger partial charge in [0, 0.05) is 18.8 Å². The molecule has 6 nitrogen and oxygen atoms in total. The predicted octanol–water partition coefficient (Wildman–Crippen LogP) is 3.59. The molecular weight excluding hydrogens is 330 g/mol. The van der Waals surface area contributed by atoms with Crippen LogP contribution in [0, 0.1) is 0 Å². The fourth-order valence-electron chi connectivity index (χ4n) is 2.61. The smallest absolute Gasteiger partial charge is 0.227 e. The van der Waals surface area contributed by atoms with E-state index in [9.17, 15) is 4.79 Å². The van der Waals surface area contributed by atoms with Crippen molar-refractivity contribution in [2.75, 3.05) is 11.4 Å². The number of carbonyl (C=O) groups excluding carboxylic acids is 1. The highest BCUT2D eigenvalue weighted by Gasteiger charge is 2.29. The molecule has 7 heteroatoms. The Morgan fingerprint density at radius 2 is 2.21 bits per heavy atom. The summed E-state index contributed by atoms with van der Waals surface area (Å²) in [5, 5.41) is 8.49. The van der Waals surface area contributed by atoms with E-state index >= 15 is 0 Å². The number of fused-ring (bicyclic) bond motifs is 1. The second-order valence-electron chi connectivity index (χ2n) is 6.21. The number of ether oxygens (including phenoxy) is 1. The van der Waals surface area contributed by atoms with Gasteiger partial charge in [-0.15, -0.1) is 10.2 Å². The molecule has 128 valence electrons. The van der Waals surface area contributed by atoms with Crippen LogP contribution in [0.25, 0.3) is 0 Å². The van der Waals surface area contributed by atoms with Gasteiger partial charge in [-0.3, -0.25) is 4.79 Å². The summed E-state index contributed by atoms with van der Waals surface area (Å²) in [5.74, 6) is 1.80. The van der Waals surface area contributed by atoms with E-state index in [2.05, 4.69) is 10.2 Å². The van der Waals surface area contributed by atoms with Crippen molar-refractivity contribution < 1.29 is 13.9 Å². The SMILES string of the molecule is CC(C)c1nnc(CCC(=O)N2C[C@H](C)Oc3c(Cl)cccc32)o1. The molecule has 1 aliphatic heterocycles. The maximum absolute atomic E-state index is 12.7. The van der Waals surface area contributed by atoms with Crippen LogP contribution >= 0.6 is 11.6 Å². The average molecular weight is 350 g/mol. The number of rotatable bonds is 4. The molecule has 0 unspecified atom stereocenters. The Morgan fingerprint density at radius 1 is 1.42 bits per heavy atom. The molecule has 1 aromatic carbocycles. The second-order valence-corrected chi connectivity index (χ2v) is 6.62. The van der Waals surface area contributed by atoms with Crippen molar-refractivity contribution in [1.82, 2.24) is 10.2 Å². The topological polar surface area (TPSA) is 68.5 Å². The summed E-state index contributed by atoms with van der Waals surface area (Å²) < 4.78 is 11.3. The van der Waals surface area contributed by atoms with Crippen LogP contribution in [0.5, 0.6) is 5.75 Å². The van der Waals surface area contributed by atoms with Gasteiger partial charge in [0.1, 0.15) is 6.10 Å². The van der Waals surface area contributed by atoms with Gasteiger partial charge < -0.3 is 14.1 Å². The molecule has 24 heavy (non-hydrogen) atoms. The van der Waals surface area contributed by atoms with Crippen LogP contribution in [0.1, 0.15) is 44.9 Å². The lowest BCUT2D eigenvalue weighted by atomic mass is 10.1. The van der Waals surface area contributed by atoms with Crippen LogP contribution in [-0.4, -0.2) is 28.8 Å². The van der Waals surface area contributed by atoms with Crippen molar-refractivity contribution in [1.29, 1.82) is 0 Å². The van der Waals surface area contributed by atoms with Crippen molar-refractivity contribution in [2.24, 2.45) is 0 Å². The first kappa shape index (κ1) is 16.8. The van der Waals surface area contributed by atoms with Gasteiger partial charge in [0.25, 0.3) is 0 Å². The minimum atomic E-state index is -0.114. The first-order valence-corrected chi connectivity index (χ1v) is 8.41. The maximum Gasteiger partial charge on any atom is 0.227 e. The Morgan fingerprint density at radius 3 is 2.92 bits per heavy atom. The molecule has 1 atom stereocenters. The van der Waals surface area contributed by atoms with Gasteiger partial charge in [-0.25, -0.2) is 0 Å². The molecule has 1 aliphatic rings. The number of benzene rings is 1. The van der Waals surface area contributed by atoms with Gasteiger partial charge in [-0.05, 0) is 19.1 Å². The lowest BCUT2D eigenvalue weighted by molar-refractivity contribution is -0.119. The first-order valence-electron chi connectivity index (χ1n) is 8.03. The molecular formula is C17H20ClN3O3. The molecule has 3 rings (SSSR count). The Kier molecular flexibility index (Phi) is 4.76. The zero-order chi connectivity index (χ0) is 17.3. The second kappa shape index (κ2) is 6.81. The standard InChI is InChI=1S/C17H20ClN3O3/c1-10(2)17-20-19-14(24-17)7-8-15(22)21-9-11(3)23-16-12(18)5-4-6-13(16)21/h4-6,10-11H,7-9H2,1-3H3/t11-/m0/s1. The Bertz CT molecular complexity index is 744. The number of hydrogen-bond donors (Lipinski definition) is 0. The summed E-state index contributed by atoms with van der Waals surface area (Å²) in [6, 6.07) is 5.41. The first-order chi connectivity index (χ1) is 11.5. The molecule has 0 saturated carbocycles. The Balaban J connectivity index is 1.72. The molecule has 0 radical (unpaired) electrons. The van der Waals surface area contributed by atoms with Crippen LogP contribution in [0.4, 0.5) is 5.69 Å². The van der Waals surface area contributed by atoms with Crippen LogP contribution < -0.4 is 9.64 Å². The van der Waals surface area contributed by atoms with Gasteiger partial charge in [0.05, 0.1) is 17.3 Å². The third kappa shape index (κ3) is 3.38. The third-order valence-corrected chi connectivity index (χ3v) is 4.12. The third-order valence-electron chi connectivity index (χ3n) is 3.83. The quantitative estimate of drug-likeness (QED) is 0.843. The summed E-state index contributed by atoms with van der Waals surface area (Å²) in [4.78, 5) is 14.4. The van der Waals surface area contributed by atoms with Crippen molar-refractivity contribution in [3.63, 3.8) is 0 Å². The minimum absolute atomic E-state index is 0.0158. The number of aromatic nitrogens is 2. The lowest BCUT2D eigenvalue weighted by Crippen LogP contribution is -2.42. The zero-order valence-corrected chi connectivity index (χ0v) is 14.7. The van der Waals surface area contributed by atoms with Crippen molar-refractivity contribution >= 4 is 23.2 Å². The minimum Gasteiger partial charge on any atom is -0.485 e. The number of amides is 1. The molecule has 0 aliphatic carbocycles. The average Bonchev–Trinajstić information content (AvgIpc) is 3.02. The number of nitrogens with zero attached hydrogens (tertiary/aromatic N) is 3. The van der Waals surface area contributed by atoms with Crippen molar-refractivity contribution in [3.8, 4) is 5.75 Å². The van der Waals surface area contributed by atoms with Gasteiger partial charge in [0.15, 0.2) is 5.75 Å². The van der Waals surface area contributed by atoms with E-state index in [1.165, 1.54) is 0 Å². The highest BCUT2D eigenvalue weighted by atomic mass is 35.5. The normalized spacial score (nSPS) is 16.9. The molecule has 1 aromatic heterocycles. The molecule has 0 bridgehead atoms. The highest BCUT2D eigenvalue weighted by Crippen LogP contribution is 2.39. The van der Waals surface area contributed by atoms with E-state index in [1.54, 1.807) is 11.0 Å². The molecule has 0 N–H and O–H groups in total. The number of para-hydroxylation sites is 1. The van der Waals surface area contributed by atoms with E-state index < -0.39 is 0 Å². The monoisotopic (exact) mass is 349 g/mol. The van der Waals surface area contributed by atoms with E-state index in [4.69, 9.17) is 20.8 Å². The number of hydrogen-bond acceptors (Lipinski definition) is 5. The number of halogens is 1. The summed E-state index contributed by atoms with van der Waals surface area (Å²) >= 11 is 6.19. The van der Waals surface area contributed by atoms with Crippen molar-refractivity contribution in [2.45, 2.75) is 45.6 Å². The molecule has 2 aromatic rings. The van der Waals surface area contributed by atoms with Gasteiger partial charge in [0.2, 0.25) is 17.7 Å². The summed E-state index contributed by atoms with van der Waals surface area (Å²) in [7, 11) is 0. The lowest BCUT2D eigenvalue weighted by Gasteiger charge is -2.33. The Labute approximate surface area is 145 Å². The van der Waals surface area contributed by atoms with Gasteiger partial charge >= 0.3 is 0 Å². The molecule has 0 saturated heterocycles. The summed E-state index contributed by atoms with van der Waals surface area (Å²) in [5.41, 5.74) is 0.707. The molecule has 2 heterocycles. The van der Waals surface area contributed by atoms with E-state index in [-0.39, 0.29) is 17.9 Å². The number of anilines is 1. The highest BCUT2D eigenvalue weighted by molar-refractivity contribution is 6.32. The molecule has 1 amide bonds. The Hall–Kier alpha value is -2.08. The van der Waals surface area contributed by atoms with Gasteiger partial charge in [-0.2, -0.15) is 0 Å². The zero-order valence-electron chi connectivity index (χ0n) is 14.0. The fourth-order valence-corrected chi connectivity index (χ4v) is 2.82. The number of carbonyl (C=O) groups is 1. The maximum atomic E-state index is 12.7. The summed E-state index contributed by atoms with van der Waals surface area (Å²) in [6.07, 6.45) is 0.593. The van der Waals surface area contributed by atoms with Crippen LogP contribution in [-0.2, 0) is 11.2 Å².